The Bertz CT molecular complexity index is 185. The number of hydrogen-bond donors (Lipinski definition) is 2. The lowest BCUT2D eigenvalue weighted by Gasteiger charge is -2.32. The molecule has 3 heteroatoms. The molecule has 3 unspecified atom stereocenters. The highest BCUT2D eigenvalue weighted by atomic mass is 16.5. The molecular weight excluding hydrogens is 214 g/mol. The van der Waals surface area contributed by atoms with Crippen molar-refractivity contribution in [1.82, 2.24) is 5.32 Å². The van der Waals surface area contributed by atoms with E-state index in [-0.39, 0.29) is 12.7 Å². The van der Waals surface area contributed by atoms with Crippen molar-refractivity contribution in [2.45, 2.75) is 64.5 Å². The van der Waals surface area contributed by atoms with Gasteiger partial charge in [0.25, 0.3) is 0 Å². The van der Waals surface area contributed by atoms with Gasteiger partial charge in [-0.05, 0) is 18.8 Å². The van der Waals surface area contributed by atoms with Gasteiger partial charge in [0.05, 0.1) is 12.7 Å². The van der Waals surface area contributed by atoms with Crippen LogP contribution < -0.4 is 5.32 Å². The third kappa shape index (κ3) is 5.84. The SMILES string of the molecule is CCCC(C)CCCC1NCCOC1CCO. The van der Waals surface area contributed by atoms with Crippen molar-refractivity contribution in [1.29, 1.82) is 0 Å². The molecule has 0 aromatic carbocycles. The Labute approximate surface area is 106 Å². The fraction of sp³-hybridized carbons (Fsp3) is 1.00. The molecule has 0 bridgehead atoms. The Morgan fingerprint density at radius 3 is 2.88 bits per heavy atom. The van der Waals surface area contributed by atoms with Gasteiger partial charge in [0, 0.05) is 19.2 Å². The minimum Gasteiger partial charge on any atom is -0.396 e. The number of ether oxygens (including phenoxy) is 1. The average Bonchev–Trinajstić information content (AvgIpc) is 2.32. The molecule has 3 nitrogen and oxygen atoms in total. The number of rotatable bonds is 8. The van der Waals surface area contributed by atoms with Crippen LogP contribution in [0, 0.1) is 5.92 Å². The first-order chi connectivity index (χ1) is 8.27. The van der Waals surface area contributed by atoms with E-state index in [0.717, 1.165) is 25.5 Å². The van der Waals surface area contributed by atoms with E-state index in [1.54, 1.807) is 0 Å². The quantitative estimate of drug-likeness (QED) is 0.687. The van der Waals surface area contributed by atoms with Crippen molar-refractivity contribution in [3.8, 4) is 0 Å². The van der Waals surface area contributed by atoms with Gasteiger partial charge in [0.2, 0.25) is 0 Å². The van der Waals surface area contributed by atoms with Crippen LogP contribution in [0.1, 0.15) is 52.4 Å². The third-order valence-corrected chi connectivity index (χ3v) is 3.70. The van der Waals surface area contributed by atoms with Crippen molar-refractivity contribution in [3.63, 3.8) is 0 Å². The van der Waals surface area contributed by atoms with Crippen molar-refractivity contribution in [3.05, 3.63) is 0 Å². The maximum atomic E-state index is 9.01. The monoisotopic (exact) mass is 243 g/mol. The minimum absolute atomic E-state index is 0.218. The highest BCUT2D eigenvalue weighted by molar-refractivity contribution is 4.80. The van der Waals surface area contributed by atoms with Gasteiger partial charge < -0.3 is 15.2 Å². The number of aliphatic hydroxyl groups is 1. The van der Waals surface area contributed by atoms with Gasteiger partial charge in [0.15, 0.2) is 0 Å². The minimum atomic E-state index is 0.218. The number of hydrogen-bond acceptors (Lipinski definition) is 3. The van der Waals surface area contributed by atoms with E-state index in [1.165, 1.54) is 32.1 Å². The van der Waals surface area contributed by atoms with Crippen LogP contribution in [0.3, 0.4) is 0 Å². The maximum absolute atomic E-state index is 9.01. The average molecular weight is 243 g/mol. The van der Waals surface area contributed by atoms with Gasteiger partial charge in [-0.3, -0.25) is 0 Å². The molecule has 1 aliphatic heterocycles. The van der Waals surface area contributed by atoms with Gasteiger partial charge >= 0.3 is 0 Å². The molecule has 0 aromatic rings. The lowest BCUT2D eigenvalue weighted by molar-refractivity contribution is -0.0194. The molecule has 1 rings (SSSR count). The first-order valence-electron chi connectivity index (χ1n) is 7.23. The molecule has 0 radical (unpaired) electrons. The fourth-order valence-electron chi connectivity index (χ4n) is 2.73. The summed E-state index contributed by atoms with van der Waals surface area (Å²) < 4.78 is 5.71. The number of morpholine rings is 1. The van der Waals surface area contributed by atoms with E-state index in [2.05, 4.69) is 19.2 Å². The second kappa shape index (κ2) is 8.90. The lowest BCUT2D eigenvalue weighted by Crippen LogP contribution is -2.48. The smallest absolute Gasteiger partial charge is 0.0750 e. The summed E-state index contributed by atoms with van der Waals surface area (Å²) in [6.45, 7) is 6.57. The summed E-state index contributed by atoms with van der Waals surface area (Å²) in [5.74, 6) is 0.848. The molecule has 1 saturated heterocycles. The normalized spacial score (nSPS) is 27.0. The molecule has 0 saturated carbocycles. The molecule has 0 aliphatic carbocycles. The molecule has 0 aromatic heterocycles. The zero-order chi connectivity index (χ0) is 12.5. The summed E-state index contributed by atoms with van der Waals surface area (Å²) in [6.07, 6.45) is 7.38. The molecule has 1 heterocycles. The summed E-state index contributed by atoms with van der Waals surface area (Å²) in [6, 6.07) is 0.449. The van der Waals surface area contributed by atoms with Crippen molar-refractivity contribution in [2.75, 3.05) is 19.8 Å². The van der Waals surface area contributed by atoms with E-state index in [9.17, 15) is 0 Å². The molecule has 0 amide bonds. The molecular formula is C14H29NO2. The molecule has 3 atom stereocenters. The van der Waals surface area contributed by atoms with E-state index in [0.29, 0.717) is 6.04 Å². The molecule has 2 N–H and O–H groups in total. The number of aliphatic hydroxyl groups excluding tert-OH is 1. The van der Waals surface area contributed by atoms with Crippen LogP contribution in [0.4, 0.5) is 0 Å². The first kappa shape index (κ1) is 14.9. The van der Waals surface area contributed by atoms with Gasteiger partial charge in [-0.2, -0.15) is 0 Å². The van der Waals surface area contributed by atoms with Crippen LogP contribution in [0.5, 0.6) is 0 Å². The van der Waals surface area contributed by atoms with E-state index in [4.69, 9.17) is 9.84 Å². The van der Waals surface area contributed by atoms with Crippen molar-refractivity contribution in [2.24, 2.45) is 5.92 Å². The third-order valence-electron chi connectivity index (χ3n) is 3.70. The largest absolute Gasteiger partial charge is 0.396 e. The second-order valence-electron chi connectivity index (χ2n) is 5.31. The maximum Gasteiger partial charge on any atom is 0.0750 e. The van der Waals surface area contributed by atoms with Gasteiger partial charge in [0.1, 0.15) is 0 Å². The molecule has 17 heavy (non-hydrogen) atoms. The first-order valence-corrected chi connectivity index (χ1v) is 7.23. The van der Waals surface area contributed by atoms with Gasteiger partial charge in [-0.15, -0.1) is 0 Å². The van der Waals surface area contributed by atoms with E-state index in [1.807, 2.05) is 0 Å². The topological polar surface area (TPSA) is 41.5 Å². The summed E-state index contributed by atoms with van der Waals surface area (Å²) >= 11 is 0. The van der Waals surface area contributed by atoms with Crippen LogP contribution in [0.2, 0.25) is 0 Å². The van der Waals surface area contributed by atoms with Crippen LogP contribution in [-0.4, -0.2) is 37.0 Å². The van der Waals surface area contributed by atoms with Gasteiger partial charge in [-0.25, -0.2) is 0 Å². The zero-order valence-corrected chi connectivity index (χ0v) is 11.5. The number of nitrogens with one attached hydrogen (secondary N) is 1. The van der Waals surface area contributed by atoms with Crippen LogP contribution in [0.15, 0.2) is 0 Å². The predicted molar refractivity (Wildman–Crippen MR) is 71.2 cm³/mol. The fourth-order valence-corrected chi connectivity index (χ4v) is 2.73. The standard InChI is InChI=1S/C14H29NO2/c1-3-5-12(2)6-4-7-13-14(8-10-16)17-11-9-15-13/h12-16H,3-11H2,1-2H3. The zero-order valence-electron chi connectivity index (χ0n) is 11.5. The van der Waals surface area contributed by atoms with Crippen LogP contribution >= 0.6 is 0 Å². The Kier molecular flexibility index (Phi) is 7.82. The summed E-state index contributed by atoms with van der Waals surface area (Å²) in [7, 11) is 0. The Morgan fingerprint density at radius 1 is 1.35 bits per heavy atom. The Morgan fingerprint density at radius 2 is 2.18 bits per heavy atom. The van der Waals surface area contributed by atoms with Gasteiger partial charge in [-0.1, -0.05) is 39.5 Å². The molecule has 102 valence electrons. The summed E-state index contributed by atoms with van der Waals surface area (Å²) in [4.78, 5) is 0. The van der Waals surface area contributed by atoms with Crippen molar-refractivity contribution >= 4 is 0 Å². The summed E-state index contributed by atoms with van der Waals surface area (Å²) in [5.41, 5.74) is 0. The molecule has 0 spiro atoms. The second-order valence-corrected chi connectivity index (χ2v) is 5.31. The van der Waals surface area contributed by atoms with Crippen molar-refractivity contribution < 1.29 is 9.84 Å². The highest BCUT2D eigenvalue weighted by Gasteiger charge is 2.24. The lowest BCUT2D eigenvalue weighted by atomic mass is 9.95. The summed E-state index contributed by atoms with van der Waals surface area (Å²) in [5, 5.41) is 12.5. The van der Waals surface area contributed by atoms with Crippen LogP contribution in [-0.2, 0) is 4.74 Å². The predicted octanol–water partition coefficient (Wildman–Crippen LogP) is 2.33. The van der Waals surface area contributed by atoms with E-state index >= 15 is 0 Å². The molecule has 1 fully saturated rings. The van der Waals surface area contributed by atoms with Crippen LogP contribution in [0.25, 0.3) is 0 Å². The highest BCUT2D eigenvalue weighted by Crippen LogP contribution is 2.18. The Hall–Kier alpha value is -0.120. The molecule has 1 aliphatic rings. The Balaban J connectivity index is 2.18. The van der Waals surface area contributed by atoms with E-state index < -0.39 is 0 Å².